The molecule has 0 bridgehead atoms. The number of anilines is 1. The molecule has 1 fully saturated rings. The largest absolute Gasteiger partial charge is 0.468 e. The number of piperidine rings is 1. The first-order valence-electron chi connectivity index (χ1n) is 9.29. The van der Waals surface area contributed by atoms with E-state index in [2.05, 4.69) is 24.1 Å². The van der Waals surface area contributed by atoms with Gasteiger partial charge in [-0.3, -0.25) is 0 Å². The van der Waals surface area contributed by atoms with Gasteiger partial charge >= 0.3 is 12.0 Å². The third kappa shape index (κ3) is 4.14. The standard InChI is InChI=1S/C19H26F2N4O2/c1-13(2)7-10-22-17(26)25-15-6-4-5-14(16(15)23-18(25)27-3)24-11-8-19(20,21)9-12-24/h4-6,13H,7-12H2,1-3H3,(H,22,26). The second-order valence-electron chi connectivity index (χ2n) is 7.34. The van der Waals surface area contributed by atoms with Crippen molar-refractivity contribution in [1.29, 1.82) is 0 Å². The number of halogens is 2. The Balaban J connectivity index is 1.91. The second kappa shape index (κ2) is 7.70. The molecule has 1 N–H and O–H groups in total. The Hall–Kier alpha value is -2.38. The summed E-state index contributed by atoms with van der Waals surface area (Å²) in [6, 6.07) is 5.32. The fourth-order valence-electron chi connectivity index (χ4n) is 3.27. The molecule has 0 unspecified atom stereocenters. The molecule has 1 aliphatic heterocycles. The average Bonchev–Trinajstić information content (AvgIpc) is 3.00. The molecule has 2 aromatic rings. The number of fused-ring (bicyclic) bond motifs is 1. The normalized spacial score (nSPS) is 16.7. The lowest BCUT2D eigenvalue weighted by Gasteiger charge is -2.33. The van der Waals surface area contributed by atoms with Gasteiger partial charge in [-0.25, -0.2) is 18.1 Å². The van der Waals surface area contributed by atoms with Gasteiger partial charge in [0.25, 0.3) is 5.92 Å². The van der Waals surface area contributed by atoms with E-state index in [1.807, 2.05) is 17.0 Å². The van der Waals surface area contributed by atoms with Crippen LogP contribution in [0.2, 0.25) is 0 Å². The lowest BCUT2D eigenvalue weighted by Crippen LogP contribution is -2.39. The van der Waals surface area contributed by atoms with Crippen molar-refractivity contribution in [3.63, 3.8) is 0 Å². The third-order valence-electron chi connectivity index (χ3n) is 4.85. The van der Waals surface area contributed by atoms with Gasteiger partial charge < -0.3 is 15.0 Å². The van der Waals surface area contributed by atoms with Crippen molar-refractivity contribution in [2.24, 2.45) is 5.92 Å². The van der Waals surface area contributed by atoms with Gasteiger partial charge in [0.15, 0.2) is 0 Å². The average molecular weight is 380 g/mol. The highest BCUT2D eigenvalue weighted by Gasteiger charge is 2.35. The number of methoxy groups -OCH3 is 1. The van der Waals surface area contributed by atoms with Crippen molar-refractivity contribution in [3.8, 4) is 6.01 Å². The molecular weight excluding hydrogens is 354 g/mol. The summed E-state index contributed by atoms with van der Waals surface area (Å²) in [6.45, 7) is 5.24. The SMILES string of the molecule is COc1nc2c(N3CCC(F)(F)CC3)cccc2n1C(=O)NCCC(C)C. The minimum Gasteiger partial charge on any atom is -0.468 e. The van der Waals surface area contributed by atoms with Crippen LogP contribution in [0.3, 0.4) is 0 Å². The van der Waals surface area contributed by atoms with Crippen molar-refractivity contribution in [2.75, 3.05) is 31.6 Å². The lowest BCUT2D eigenvalue weighted by molar-refractivity contribution is -0.0220. The van der Waals surface area contributed by atoms with Gasteiger partial charge in [-0.15, -0.1) is 0 Å². The predicted molar refractivity (Wildman–Crippen MR) is 101 cm³/mol. The minimum atomic E-state index is -2.61. The van der Waals surface area contributed by atoms with Crippen molar-refractivity contribution in [3.05, 3.63) is 18.2 Å². The number of nitrogens with one attached hydrogen (secondary N) is 1. The van der Waals surface area contributed by atoms with Crippen LogP contribution in [-0.2, 0) is 0 Å². The number of para-hydroxylation sites is 1. The van der Waals surface area contributed by atoms with E-state index in [1.165, 1.54) is 11.7 Å². The number of nitrogens with zero attached hydrogens (tertiary/aromatic N) is 3. The number of carbonyl (C=O) groups is 1. The molecule has 148 valence electrons. The molecule has 1 aliphatic rings. The summed E-state index contributed by atoms with van der Waals surface area (Å²) in [4.78, 5) is 19.0. The third-order valence-corrected chi connectivity index (χ3v) is 4.85. The first kappa shape index (κ1) is 19.4. The Morgan fingerprint density at radius 2 is 2.04 bits per heavy atom. The number of hydrogen-bond acceptors (Lipinski definition) is 4. The first-order valence-corrected chi connectivity index (χ1v) is 9.29. The van der Waals surface area contributed by atoms with E-state index in [0.29, 0.717) is 23.5 Å². The van der Waals surface area contributed by atoms with Gasteiger partial charge in [-0.05, 0) is 24.5 Å². The summed E-state index contributed by atoms with van der Waals surface area (Å²) in [6.07, 6.45) is 0.502. The Bertz CT molecular complexity index is 809. The fraction of sp³-hybridized carbons (Fsp3) is 0.579. The molecule has 1 saturated heterocycles. The highest BCUT2D eigenvalue weighted by Crippen LogP contribution is 2.34. The van der Waals surface area contributed by atoms with Gasteiger partial charge in [-0.1, -0.05) is 19.9 Å². The summed E-state index contributed by atoms with van der Waals surface area (Å²) in [5, 5.41) is 2.88. The molecule has 6 nitrogen and oxygen atoms in total. The summed E-state index contributed by atoms with van der Waals surface area (Å²) in [5.74, 6) is -2.13. The van der Waals surface area contributed by atoms with Gasteiger partial charge in [0.2, 0.25) is 0 Å². The topological polar surface area (TPSA) is 59.4 Å². The van der Waals surface area contributed by atoms with Gasteiger partial charge in [-0.2, -0.15) is 4.98 Å². The summed E-state index contributed by atoms with van der Waals surface area (Å²) < 4.78 is 33.7. The van der Waals surface area contributed by atoms with E-state index < -0.39 is 5.92 Å². The van der Waals surface area contributed by atoms with Crippen LogP contribution in [0.5, 0.6) is 6.01 Å². The summed E-state index contributed by atoms with van der Waals surface area (Å²) in [5.41, 5.74) is 1.93. The highest BCUT2D eigenvalue weighted by atomic mass is 19.3. The van der Waals surface area contributed by atoms with Crippen molar-refractivity contribution in [1.82, 2.24) is 14.9 Å². The Labute approximate surface area is 157 Å². The molecule has 1 amide bonds. The van der Waals surface area contributed by atoms with E-state index in [9.17, 15) is 13.6 Å². The first-order chi connectivity index (χ1) is 12.8. The number of imidazole rings is 1. The zero-order valence-corrected chi connectivity index (χ0v) is 16.0. The van der Waals surface area contributed by atoms with Crippen molar-refractivity contribution >= 4 is 22.8 Å². The lowest BCUT2D eigenvalue weighted by atomic mass is 10.1. The monoisotopic (exact) mass is 380 g/mol. The molecule has 8 heteroatoms. The van der Waals surface area contributed by atoms with Gasteiger partial charge in [0, 0.05) is 32.5 Å². The highest BCUT2D eigenvalue weighted by molar-refractivity contribution is 5.97. The molecule has 1 aromatic heterocycles. The number of benzene rings is 1. The molecule has 0 aliphatic carbocycles. The summed E-state index contributed by atoms with van der Waals surface area (Å²) >= 11 is 0. The minimum absolute atomic E-state index is 0.182. The number of rotatable bonds is 5. The van der Waals surface area contributed by atoms with Crippen LogP contribution in [0, 0.1) is 5.92 Å². The second-order valence-corrected chi connectivity index (χ2v) is 7.34. The number of alkyl halides is 2. The number of aromatic nitrogens is 2. The van der Waals surface area contributed by atoms with Crippen LogP contribution in [-0.4, -0.2) is 48.2 Å². The van der Waals surface area contributed by atoms with Gasteiger partial charge in [0.05, 0.1) is 18.3 Å². The maximum Gasteiger partial charge on any atom is 0.330 e. The van der Waals surface area contributed by atoms with Crippen molar-refractivity contribution in [2.45, 2.75) is 39.0 Å². The van der Waals surface area contributed by atoms with E-state index >= 15 is 0 Å². The molecule has 27 heavy (non-hydrogen) atoms. The molecule has 0 saturated carbocycles. The smallest absolute Gasteiger partial charge is 0.330 e. The molecule has 2 heterocycles. The fourth-order valence-corrected chi connectivity index (χ4v) is 3.27. The molecule has 1 aromatic carbocycles. The molecule has 3 rings (SSSR count). The molecule has 0 spiro atoms. The number of carbonyl (C=O) groups excluding carboxylic acids is 1. The molecule has 0 radical (unpaired) electrons. The maximum absolute atomic E-state index is 13.5. The van der Waals surface area contributed by atoms with Crippen LogP contribution >= 0.6 is 0 Å². The van der Waals surface area contributed by atoms with Crippen LogP contribution in [0.25, 0.3) is 11.0 Å². The van der Waals surface area contributed by atoms with E-state index in [-0.39, 0.29) is 38.0 Å². The molecular formula is C19H26F2N4O2. The van der Waals surface area contributed by atoms with E-state index in [0.717, 1.165) is 12.1 Å². The zero-order valence-electron chi connectivity index (χ0n) is 16.0. The van der Waals surface area contributed by atoms with Crippen LogP contribution < -0.4 is 15.0 Å². The van der Waals surface area contributed by atoms with E-state index in [4.69, 9.17) is 4.74 Å². The number of amides is 1. The molecule has 0 atom stereocenters. The Morgan fingerprint density at radius 3 is 2.67 bits per heavy atom. The Morgan fingerprint density at radius 1 is 1.33 bits per heavy atom. The number of ether oxygens (including phenoxy) is 1. The number of hydrogen-bond donors (Lipinski definition) is 1. The maximum atomic E-state index is 13.5. The van der Waals surface area contributed by atoms with Gasteiger partial charge in [0.1, 0.15) is 5.52 Å². The van der Waals surface area contributed by atoms with E-state index in [1.54, 1.807) is 6.07 Å². The zero-order chi connectivity index (χ0) is 19.6. The van der Waals surface area contributed by atoms with Crippen LogP contribution in [0.4, 0.5) is 19.3 Å². The van der Waals surface area contributed by atoms with Crippen LogP contribution in [0.15, 0.2) is 18.2 Å². The van der Waals surface area contributed by atoms with Crippen LogP contribution in [0.1, 0.15) is 33.1 Å². The predicted octanol–water partition coefficient (Wildman–Crippen LogP) is 3.88. The van der Waals surface area contributed by atoms with Crippen molar-refractivity contribution < 1.29 is 18.3 Å². The Kier molecular flexibility index (Phi) is 5.53. The summed E-state index contributed by atoms with van der Waals surface area (Å²) in [7, 11) is 1.46. The quantitative estimate of drug-likeness (QED) is 0.855.